The van der Waals surface area contributed by atoms with Crippen molar-refractivity contribution in [2.45, 2.75) is 46.3 Å². The number of rotatable bonds is 9. The van der Waals surface area contributed by atoms with E-state index in [2.05, 4.69) is 19.2 Å². The van der Waals surface area contributed by atoms with Gasteiger partial charge in [0.2, 0.25) is 0 Å². The Morgan fingerprint density at radius 1 is 1.30 bits per heavy atom. The highest BCUT2D eigenvalue weighted by Crippen LogP contribution is 2.16. The van der Waals surface area contributed by atoms with Crippen molar-refractivity contribution in [3.05, 3.63) is 29.8 Å². The molecule has 112 valence electrons. The van der Waals surface area contributed by atoms with Crippen molar-refractivity contribution < 1.29 is 14.6 Å². The zero-order valence-corrected chi connectivity index (χ0v) is 12.6. The SMILES string of the molecule is CCCC(Oc1ccc(CNCC(C)C)cc1)C(=O)O. The summed E-state index contributed by atoms with van der Waals surface area (Å²) in [6.45, 7) is 8.09. The Morgan fingerprint density at radius 3 is 2.45 bits per heavy atom. The van der Waals surface area contributed by atoms with Crippen LogP contribution in [0.1, 0.15) is 39.2 Å². The maximum atomic E-state index is 11.0. The van der Waals surface area contributed by atoms with Crippen LogP contribution in [0.2, 0.25) is 0 Å². The standard InChI is InChI=1S/C16H25NO3/c1-4-5-15(16(18)19)20-14-8-6-13(7-9-14)11-17-10-12(2)3/h6-9,12,15,17H,4-5,10-11H2,1-3H3,(H,18,19). The number of aliphatic carboxylic acids is 1. The maximum absolute atomic E-state index is 11.0. The zero-order chi connectivity index (χ0) is 15.0. The van der Waals surface area contributed by atoms with Gasteiger partial charge in [-0.2, -0.15) is 0 Å². The molecule has 20 heavy (non-hydrogen) atoms. The molecule has 0 aliphatic heterocycles. The molecule has 1 aromatic carbocycles. The molecule has 0 spiro atoms. The highest BCUT2D eigenvalue weighted by atomic mass is 16.5. The van der Waals surface area contributed by atoms with E-state index in [9.17, 15) is 4.79 Å². The molecule has 0 bridgehead atoms. The van der Waals surface area contributed by atoms with Gasteiger partial charge in [0.1, 0.15) is 5.75 Å². The molecule has 0 aromatic heterocycles. The lowest BCUT2D eigenvalue weighted by Gasteiger charge is -2.14. The summed E-state index contributed by atoms with van der Waals surface area (Å²) in [7, 11) is 0. The van der Waals surface area contributed by atoms with Gasteiger partial charge in [-0.15, -0.1) is 0 Å². The van der Waals surface area contributed by atoms with Crippen LogP contribution in [0.5, 0.6) is 5.75 Å². The van der Waals surface area contributed by atoms with Crippen molar-refractivity contribution in [1.82, 2.24) is 5.32 Å². The molecule has 0 aliphatic carbocycles. The van der Waals surface area contributed by atoms with Crippen LogP contribution in [-0.2, 0) is 11.3 Å². The molecule has 0 saturated carbocycles. The molecule has 0 fully saturated rings. The third kappa shape index (κ3) is 6.06. The summed E-state index contributed by atoms with van der Waals surface area (Å²) >= 11 is 0. The fourth-order valence-corrected chi connectivity index (χ4v) is 1.85. The molecule has 0 heterocycles. The van der Waals surface area contributed by atoms with E-state index in [-0.39, 0.29) is 0 Å². The Morgan fingerprint density at radius 2 is 1.95 bits per heavy atom. The molecule has 0 amide bonds. The zero-order valence-electron chi connectivity index (χ0n) is 12.6. The fourth-order valence-electron chi connectivity index (χ4n) is 1.85. The lowest BCUT2D eigenvalue weighted by atomic mass is 10.2. The first kappa shape index (κ1) is 16.5. The van der Waals surface area contributed by atoms with Crippen molar-refractivity contribution >= 4 is 5.97 Å². The van der Waals surface area contributed by atoms with Crippen LogP contribution in [0.15, 0.2) is 24.3 Å². The predicted octanol–water partition coefficient (Wildman–Crippen LogP) is 3.06. The first-order valence-corrected chi connectivity index (χ1v) is 7.22. The molecule has 1 unspecified atom stereocenters. The Labute approximate surface area is 121 Å². The second kappa shape index (κ2) is 8.59. The van der Waals surface area contributed by atoms with E-state index in [1.807, 2.05) is 31.2 Å². The van der Waals surface area contributed by atoms with Crippen LogP contribution in [0.4, 0.5) is 0 Å². The Balaban J connectivity index is 2.50. The average Bonchev–Trinajstić information content (AvgIpc) is 2.39. The molecule has 2 N–H and O–H groups in total. The van der Waals surface area contributed by atoms with Crippen LogP contribution in [-0.4, -0.2) is 23.7 Å². The smallest absolute Gasteiger partial charge is 0.344 e. The summed E-state index contributed by atoms with van der Waals surface area (Å²) in [5.74, 6) is 0.330. The molecular formula is C16H25NO3. The van der Waals surface area contributed by atoms with E-state index in [1.165, 1.54) is 5.56 Å². The molecule has 0 radical (unpaired) electrons. The number of hydrogen-bond donors (Lipinski definition) is 2. The number of nitrogens with one attached hydrogen (secondary N) is 1. The van der Waals surface area contributed by atoms with Gasteiger partial charge in [-0.3, -0.25) is 0 Å². The van der Waals surface area contributed by atoms with Gasteiger partial charge in [0.15, 0.2) is 6.10 Å². The van der Waals surface area contributed by atoms with E-state index < -0.39 is 12.1 Å². The second-order valence-electron chi connectivity index (χ2n) is 5.40. The number of benzene rings is 1. The van der Waals surface area contributed by atoms with Gasteiger partial charge in [-0.1, -0.05) is 39.3 Å². The molecular weight excluding hydrogens is 254 g/mol. The molecule has 1 rings (SSSR count). The summed E-state index contributed by atoms with van der Waals surface area (Å²) in [4.78, 5) is 11.0. The largest absolute Gasteiger partial charge is 0.479 e. The van der Waals surface area contributed by atoms with Crippen molar-refractivity contribution in [2.75, 3.05) is 6.54 Å². The van der Waals surface area contributed by atoms with E-state index in [0.29, 0.717) is 18.1 Å². The van der Waals surface area contributed by atoms with E-state index in [0.717, 1.165) is 19.5 Å². The summed E-state index contributed by atoms with van der Waals surface area (Å²) < 4.78 is 5.49. The van der Waals surface area contributed by atoms with Crippen molar-refractivity contribution in [1.29, 1.82) is 0 Å². The third-order valence-electron chi connectivity index (χ3n) is 2.91. The van der Waals surface area contributed by atoms with Crippen LogP contribution < -0.4 is 10.1 Å². The van der Waals surface area contributed by atoms with Gasteiger partial charge in [-0.05, 0) is 36.6 Å². The van der Waals surface area contributed by atoms with E-state index >= 15 is 0 Å². The van der Waals surface area contributed by atoms with Gasteiger partial charge >= 0.3 is 5.97 Å². The topological polar surface area (TPSA) is 58.6 Å². The fraction of sp³-hybridized carbons (Fsp3) is 0.562. The Bertz CT molecular complexity index is 401. The van der Waals surface area contributed by atoms with Crippen molar-refractivity contribution in [3.63, 3.8) is 0 Å². The Kier molecular flexibility index (Phi) is 7.09. The van der Waals surface area contributed by atoms with Crippen LogP contribution in [0.25, 0.3) is 0 Å². The summed E-state index contributed by atoms with van der Waals surface area (Å²) in [5.41, 5.74) is 1.17. The normalized spacial score (nSPS) is 12.4. The van der Waals surface area contributed by atoms with Gasteiger partial charge in [0, 0.05) is 6.54 Å². The number of carbonyl (C=O) groups is 1. The molecule has 4 nitrogen and oxygen atoms in total. The van der Waals surface area contributed by atoms with Gasteiger partial charge in [0.05, 0.1) is 0 Å². The molecule has 1 atom stereocenters. The highest BCUT2D eigenvalue weighted by molar-refractivity contribution is 5.72. The number of carboxylic acids is 1. The van der Waals surface area contributed by atoms with E-state index in [4.69, 9.17) is 9.84 Å². The van der Waals surface area contributed by atoms with Crippen LogP contribution in [0.3, 0.4) is 0 Å². The molecule has 4 heteroatoms. The van der Waals surface area contributed by atoms with Gasteiger partial charge < -0.3 is 15.2 Å². The van der Waals surface area contributed by atoms with Crippen molar-refractivity contribution in [2.24, 2.45) is 5.92 Å². The first-order valence-electron chi connectivity index (χ1n) is 7.22. The number of hydrogen-bond acceptors (Lipinski definition) is 3. The minimum Gasteiger partial charge on any atom is -0.479 e. The minimum atomic E-state index is -0.908. The first-order chi connectivity index (χ1) is 9.52. The third-order valence-corrected chi connectivity index (χ3v) is 2.91. The Hall–Kier alpha value is -1.55. The quantitative estimate of drug-likeness (QED) is 0.729. The summed E-state index contributed by atoms with van der Waals surface area (Å²) in [6.07, 6.45) is 0.547. The van der Waals surface area contributed by atoms with Crippen LogP contribution in [0, 0.1) is 5.92 Å². The minimum absolute atomic E-state index is 0.521. The summed E-state index contributed by atoms with van der Waals surface area (Å²) in [6, 6.07) is 7.59. The number of carboxylic acid groups (broad SMARTS) is 1. The van der Waals surface area contributed by atoms with Crippen LogP contribution >= 0.6 is 0 Å². The molecule has 0 saturated heterocycles. The lowest BCUT2D eigenvalue weighted by Crippen LogP contribution is -2.26. The highest BCUT2D eigenvalue weighted by Gasteiger charge is 2.17. The monoisotopic (exact) mass is 279 g/mol. The summed E-state index contributed by atoms with van der Waals surface area (Å²) in [5, 5.41) is 12.4. The lowest BCUT2D eigenvalue weighted by molar-refractivity contribution is -0.145. The van der Waals surface area contributed by atoms with Gasteiger partial charge in [-0.25, -0.2) is 4.79 Å². The van der Waals surface area contributed by atoms with Gasteiger partial charge in [0.25, 0.3) is 0 Å². The molecule has 0 aliphatic rings. The predicted molar refractivity (Wildman–Crippen MR) is 79.9 cm³/mol. The van der Waals surface area contributed by atoms with Crippen molar-refractivity contribution in [3.8, 4) is 5.75 Å². The molecule has 1 aromatic rings. The average molecular weight is 279 g/mol. The number of ether oxygens (including phenoxy) is 1. The van der Waals surface area contributed by atoms with E-state index in [1.54, 1.807) is 0 Å². The second-order valence-corrected chi connectivity index (χ2v) is 5.40. The maximum Gasteiger partial charge on any atom is 0.344 e.